The highest BCUT2D eigenvalue weighted by Gasteiger charge is 2.27. The molecular formula is C16H21N3O. The first kappa shape index (κ1) is 13.3. The lowest BCUT2D eigenvalue weighted by molar-refractivity contribution is 0.272. The first-order valence-corrected chi connectivity index (χ1v) is 7.36. The van der Waals surface area contributed by atoms with E-state index in [1.807, 2.05) is 4.68 Å². The minimum absolute atomic E-state index is 0.0318. The zero-order valence-corrected chi connectivity index (χ0v) is 12.1. The van der Waals surface area contributed by atoms with E-state index in [9.17, 15) is 5.11 Å². The van der Waals surface area contributed by atoms with Crippen LogP contribution in [0.5, 0.6) is 0 Å². The van der Waals surface area contributed by atoms with Gasteiger partial charge in [0.1, 0.15) is 5.69 Å². The van der Waals surface area contributed by atoms with Crippen molar-refractivity contribution in [3.63, 3.8) is 0 Å². The Labute approximate surface area is 119 Å². The molecule has 1 aromatic heterocycles. The highest BCUT2D eigenvalue weighted by atomic mass is 16.3. The van der Waals surface area contributed by atoms with Crippen LogP contribution in [-0.4, -0.2) is 20.1 Å². The topological polar surface area (TPSA) is 50.9 Å². The zero-order valence-electron chi connectivity index (χ0n) is 12.1. The second-order valence-electron chi connectivity index (χ2n) is 5.87. The smallest absolute Gasteiger partial charge is 0.112 e. The van der Waals surface area contributed by atoms with Gasteiger partial charge in [0.05, 0.1) is 18.0 Å². The van der Waals surface area contributed by atoms with Crippen molar-refractivity contribution in [2.24, 2.45) is 0 Å². The molecule has 1 aliphatic carbocycles. The molecule has 0 radical (unpaired) electrons. The monoisotopic (exact) mass is 271 g/mol. The summed E-state index contributed by atoms with van der Waals surface area (Å²) in [5.74, 6) is 1.02. The van der Waals surface area contributed by atoms with Crippen LogP contribution in [0.3, 0.4) is 0 Å². The molecule has 1 fully saturated rings. The average Bonchev–Trinajstić information content (AvgIpc) is 2.80. The van der Waals surface area contributed by atoms with Crippen LogP contribution in [0, 0.1) is 0 Å². The molecule has 1 N–H and O–H groups in total. The van der Waals surface area contributed by atoms with Gasteiger partial charge in [-0.15, -0.1) is 5.10 Å². The fourth-order valence-corrected chi connectivity index (χ4v) is 2.71. The van der Waals surface area contributed by atoms with Gasteiger partial charge in [-0.3, -0.25) is 0 Å². The molecule has 0 saturated heterocycles. The van der Waals surface area contributed by atoms with Crippen LogP contribution in [-0.2, 0) is 6.61 Å². The molecule has 0 unspecified atom stereocenters. The number of rotatable bonds is 4. The van der Waals surface area contributed by atoms with E-state index in [0.717, 1.165) is 17.1 Å². The van der Waals surface area contributed by atoms with Crippen molar-refractivity contribution in [2.45, 2.75) is 51.6 Å². The quantitative estimate of drug-likeness (QED) is 0.929. The highest BCUT2D eigenvalue weighted by Crippen LogP contribution is 2.38. The second kappa shape index (κ2) is 5.37. The summed E-state index contributed by atoms with van der Waals surface area (Å²) in [5.41, 5.74) is 4.17. The molecule has 0 bridgehead atoms. The van der Waals surface area contributed by atoms with Gasteiger partial charge in [-0.05, 0) is 36.5 Å². The third-order valence-electron chi connectivity index (χ3n) is 4.22. The van der Waals surface area contributed by atoms with Gasteiger partial charge in [0.15, 0.2) is 0 Å². The number of hydrogen-bond acceptors (Lipinski definition) is 3. The number of aliphatic hydroxyl groups is 1. The lowest BCUT2D eigenvalue weighted by Gasteiger charge is -2.26. The molecule has 1 heterocycles. The summed E-state index contributed by atoms with van der Waals surface area (Å²) in [6, 6.07) is 8.47. The molecule has 0 aliphatic heterocycles. The fraction of sp³-hybridized carbons (Fsp3) is 0.500. The van der Waals surface area contributed by atoms with Crippen LogP contribution in [0.2, 0.25) is 0 Å². The van der Waals surface area contributed by atoms with Gasteiger partial charge < -0.3 is 5.11 Å². The molecule has 1 saturated carbocycles. The fourth-order valence-electron chi connectivity index (χ4n) is 2.71. The zero-order chi connectivity index (χ0) is 14.1. The van der Waals surface area contributed by atoms with E-state index in [-0.39, 0.29) is 6.61 Å². The van der Waals surface area contributed by atoms with Gasteiger partial charge in [0.2, 0.25) is 0 Å². The Morgan fingerprint density at radius 3 is 2.45 bits per heavy atom. The summed E-state index contributed by atoms with van der Waals surface area (Å²) in [7, 11) is 0. The van der Waals surface area contributed by atoms with Crippen LogP contribution in [0.4, 0.5) is 0 Å². The summed E-state index contributed by atoms with van der Waals surface area (Å²) < 4.78 is 1.90. The lowest BCUT2D eigenvalue weighted by atomic mass is 9.82. The van der Waals surface area contributed by atoms with E-state index < -0.39 is 0 Å². The van der Waals surface area contributed by atoms with Gasteiger partial charge in [0.25, 0.3) is 0 Å². The second-order valence-corrected chi connectivity index (χ2v) is 5.87. The van der Waals surface area contributed by atoms with Crippen molar-refractivity contribution in [2.75, 3.05) is 0 Å². The van der Waals surface area contributed by atoms with Gasteiger partial charge in [0, 0.05) is 5.92 Å². The van der Waals surface area contributed by atoms with Gasteiger partial charge in [-0.2, -0.15) is 0 Å². The third kappa shape index (κ3) is 2.24. The standard InChI is InChI=1S/C16H21N3O/c1-11(2)12-6-8-14(9-7-12)19-16(13-4-3-5-13)15(10-20)17-18-19/h6-9,11,13,20H,3-5,10H2,1-2H3. The third-order valence-corrected chi connectivity index (χ3v) is 4.22. The largest absolute Gasteiger partial charge is 0.390 e. The molecule has 2 aromatic rings. The van der Waals surface area contributed by atoms with E-state index in [4.69, 9.17) is 0 Å². The van der Waals surface area contributed by atoms with Crippen molar-refractivity contribution < 1.29 is 5.11 Å². The molecular weight excluding hydrogens is 250 g/mol. The first-order valence-electron chi connectivity index (χ1n) is 7.36. The molecule has 0 spiro atoms. The van der Waals surface area contributed by atoms with Crippen LogP contribution < -0.4 is 0 Å². The average molecular weight is 271 g/mol. The van der Waals surface area contributed by atoms with E-state index in [0.29, 0.717) is 11.8 Å². The Bertz CT molecular complexity index is 582. The molecule has 1 aromatic carbocycles. The van der Waals surface area contributed by atoms with Crippen molar-refractivity contribution >= 4 is 0 Å². The predicted molar refractivity (Wildman–Crippen MR) is 78.0 cm³/mol. The maximum atomic E-state index is 9.45. The SMILES string of the molecule is CC(C)c1ccc(-n2nnc(CO)c2C2CCC2)cc1. The van der Waals surface area contributed by atoms with Crippen LogP contribution in [0.1, 0.15) is 61.9 Å². The van der Waals surface area contributed by atoms with E-state index >= 15 is 0 Å². The Kier molecular flexibility index (Phi) is 3.57. The molecule has 1 aliphatic rings. The number of benzene rings is 1. The lowest BCUT2D eigenvalue weighted by Crippen LogP contribution is -2.16. The number of aliphatic hydroxyl groups excluding tert-OH is 1. The van der Waals surface area contributed by atoms with Crippen molar-refractivity contribution in [3.8, 4) is 5.69 Å². The van der Waals surface area contributed by atoms with Crippen LogP contribution >= 0.6 is 0 Å². The number of aromatic nitrogens is 3. The van der Waals surface area contributed by atoms with Crippen molar-refractivity contribution in [3.05, 3.63) is 41.2 Å². The highest BCUT2D eigenvalue weighted by molar-refractivity contribution is 5.38. The van der Waals surface area contributed by atoms with E-state index in [1.54, 1.807) is 0 Å². The Morgan fingerprint density at radius 1 is 1.25 bits per heavy atom. The van der Waals surface area contributed by atoms with Gasteiger partial charge >= 0.3 is 0 Å². The van der Waals surface area contributed by atoms with Crippen molar-refractivity contribution in [1.29, 1.82) is 0 Å². The summed E-state index contributed by atoms with van der Waals surface area (Å²) in [6.45, 7) is 4.35. The normalized spacial score (nSPS) is 15.6. The Morgan fingerprint density at radius 2 is 1.95 bits per heavy atom. The summed E-state index contributed by atoms with van der Waals surface area (Å²) in [6.07, 6.45) is 3.60. The minimum atomic E-state index is -0.0318. The first-order chi connectivity index (χ1) is 9.70. The Balaban J connectivity index is 1.98. The predicted octanol–water partition coefficient (Wildman–Crippen LogP) is 3.15. The van der Waals surface area contributed by atoms with Crippen LogP contribution in [0.25, 0.3) is 5.69 Å². The van der Waals surface area contributed by atoms with E-state index in [1.165, 1.54) is 24.8 Å². The molecule has 3 rings (SSSR count). The molecule has 4 heteroatoms. The summed E-state index contributed by atoms with van der Waals surface area (Å²) >= 11 is 0. The minimum Gasteiger partial charge on any atom is -0.390 e. The molecule has 106 valence electrons. The van der Waals surface area contributed by atoms with E-state index in [2.05, 4.69) is 48.4 Å². The number of nitrogens with zero attached hydrogens (tertiary/aromatic N) is 3. The Hall–Kier alpha value is -1.68. The molecule has 0 atom stereocenters. The maximum Gasteiger partial charge on any atom is 0.112 e. The molecule has 4 nitrogen and oxygen atoms in total. The molecule has 0 amide bonds. The summed E-state index contributed by atoms with van der Waals surface area (Å²) in [5, 5.41) is 17.8. The van der Waals surface area contributed by atoms with Crippen molar-refractivity contribution in [1.82, 2.24) is 15.0 Å². The summed E-state index contributed by atoms with van der Waals surface area (Å²) in [4.78, 5) is 0. The number of hydrogen-bond donors (Lipinski definition) is 1. The van der Waals surface area contributed by atoms with Gasteiger partial charge in [-0.1, -0.05) is 37.6 Å². The van der Waals surface area contributed by atoms with Gasteiger partial charge in [-0.25, -0.2) is 4.68 Å². The van der Waals surface area contributed by atoms with Crippen LogP contribution in [0.15, 0.2) is 24.3 Å². The maximum absolute atomic E-state index is 9.45. The molecule has 20 heavy (non-hydrogen) atoms.